The van der Waals surface area contributed by atoms with Crippen LogP contribution in [0.4, 0.5) is 5.69 Å². The molecular weight excluding hydrogens is 983 g/mol. The zero-order chi connectivity index (χ0) is 55.6. The zero-order valence-corrected chi connectivity index (χ0v) is 52.3. The first kappa shape index (κ1) is 67.4. The van der Waals surface area contributed by atoms with Crippen LogP contribution < -0.4 is 66.0 Å². The molecule has 17 N–H and O–H groups in total. The standard InChI is InChI=1S/C9H15N.C7H10N2.2C7H13N.C6H7N.C6H13N.C5H11NO.C5H11N.C4H10N2.C4H9NO.C4H9N/c1-7-2-9-3-8(1)5-10(4-7)6-9;1-9(2)7-3-5-8-6-4-7;2*1-4-8-5-2-7(1)3-6-8;1-6-2-4-7-5-3-6;1-7-5-3-2-4-6-7;1-6-2-4-7-5-3-6;1-2-4-6-5-3-1;1-2-6-4-3-5-1;1-3-6-4-2-5-1;1-2-4-5-3-1/h7-9H,1-6H2;3-6H,1-2H3;2*7H,1-6H2;2-5H,1H3;2-6H2,1H3;2-5H2,1H3;6H,1-5H2;5-6H,1-4H2;5H,1-4H2;5H,1-4H2/p+12. The zero-order valence-electron chi connectivity index (χ0n) is 52.3. The number of piperazine rings is 1. The highest BCUT2D eigenvalue weighted by Crippen LogP contribution is 2.36. The quantitative estimate of drug-likeness (QED) is 0.138. The number of morpholine rings is 2. The summed E-state index contributed by atoms with van der Waals surface area (Å²) in [4.78, 5) is 16.9. The number of H-pyrrole nitrogens is 2. The van der Waals surface area contributed by atoms with E-state index >= 15 is 0 Å². The van der Waals surface area contributed by atoms with E-state index in [0.717, 1.165) is 69.1 Å². The minimum absolute atomic E-state index is 0.944. The Morgan fingerprint density at radius 1 is 0.392 bits per heavy atom. The molecule has 15 saturated heterocycles. The number of likely N-dealkylation sites (N-methyl/N-ethyl adjacent to an activating group) is 1. The largest absolute Gasteiger partial charge is 0.377 e. The highest BCUT2D eigenvalue weighted by molar-refractivity contribution is 5.41. The Morgan fingerprint density at radius 3 is 0.949 bits per heavy atom. The molecule has 0 amide bonds. The van der Waals surface area contributed by atoms with Gasteiger partial charge in [-0.3, -0.25) is 0 Å². The number of nitrogens with one attached hydrogen (secondary N) is 7. The van der Waals surface area contributed by atoms with Gasteiger partial charge in [0.15, 0.2) is 24.8 Å². The van der Waals surface area contributed by atoms with E-state index < -0.39 is 0 Å². The lowest BCUT2D eigenvalue weighted by Crippen LogP contribution is -3.17. The molecule has 16 aliphatic rings. The maximum absolute atomic E-state index is 5.12. The second kappa shape index (κ2) is 44.2. The number of quaternary nitrogens is 10. The van der Waals surface area contributed by atoms with Crippen LogP contribution in [0, 0.1) is 36.5 Å². The SMILES string of the molecule is C1C2CC3CC1C[NH+](C2)C3.C1CC[NH2+]C1.C1CC[NH2+]CC1.C1COCC[NH2+]1.C1C[NH+]2CCC1CC2.C1C[NH+]2CCC1CC2.C1C[NH2+]CC[NH2+]1.CN(C)c1cc[nH+]cc1.C[NH+]1CCCCC1.C[NH+]1CCOCC1.Cc1cc[nH+]cc1. The number of rotatable bonds is 1. The molecule has 0 atom stereocenters. The van der Waals surface area contributed by atoms with Crippen molar-refractivity contribution in [3.8, 4) is 0 Å². The third-order valence-electron chi connectivity index (χ3n) is 18.8. The van der Waals surface area contributed by atoms with Crippen LogP contribution in [-0.2, 0) is 9.47 Å². The molecule has 454 valence electrons. The second-order valence-corrected chi connectivity index (χ2v) is 26.2. The molecule has 1 saturated carbocycles. The van der Waals surface area contributed by atoms with Crippen LogP contribution >= 0.6 is 0 Å². The van der Waals surface area contributed by atoms with E-state index in [4.69, 9.17) is 9.47 Å². The summed E-state index contributed by atoms with van der Waals surface area (Å²) in [6, 6.07) is 8.11. The van der Waals surface area contributed by atoms with Crippen molar-refractivity contribution in [2.24, 2.45) is 29.6 Å². The second-order valence-electron chi connectivity index (χ2n) is 26.2. The Hall–Kier alpha value is -2.38. The number of pyridine rings is 2. The van der Waals surface area contributed by atoms with Gasteiger partial charge in [0.1, 0.15) is 39.3 Å². The van der Waals surface area contributed by atoms with Crippen molar-refractivity contribution in [1.29, 1.82) is 0 Å². The third kappa shape index (κ3) is 33.5. The van der Waals surface area contributed by atoms with Gasteiger partial charge in [0, 0.05) is 74.6 Å². The fraction of sp³-hybridized carbons (Fsp3) is 0.844. The molecule has 0 spiro atoms. The molecule has 15 aliphatic heterocycles. The fourth-order valence-corrected chi connectivity index (χ4v) is 13.7. The summed E-state index contributed by atoms with van der Waals surface area (Å²) >= 11 is 0. The number of fused-ring (bicyclic) bond motifs is 6. The highest BCUT2D eigenvalue weighted by Gasteiger charge is 2.44. The molecule has 2 aromatic heterocycles. The van der Waals surface area contributed by atoms with Crippen molar-refractivity contribution in [3.63, 3.8) is 0 Å². The van der Waals surface area contributed by atoms with Crippen LogP contribution in [0.25, 0.3) is 0 Å². The van der Waals surface area contributed by atoms with Gasteiger partial charge < -0.3 is 65.5 Å². The minimum atomic E-state index is 0.944. The van der Waals surface area contributed by atoms with Crippen LogP contribution in [0.3, 0.4) is 0 Å². The van der Waals surface area contributed by atoms with Crippen LogP contribution in [0.5, 0.6) is 0 Å². The summed E-state index contributed by atoms with van der Waals surface area (Å²) in [5.41, 5.74) is 2.51. The Kier molecular flexibility index (Phi) is 37.7. The molecular formula is C64H133N13O2+12. The van der Waals surface area contributed by atoms with Gasteiger partial charge in [0.25, 0.3) is 0 Å². The predicted molar refractivity (Wildman–Crippen MR) is 321 cm³/mol. The van der Waals surface area contributed by atoms with Crippen LogP contribution in [0.15, 0.2) is 49.1 Å². The average molecular weight is 1120 g/mol. The van der Waals surface area contributed by atoms with Gasteiger partial charge in [0.05, 0.1) is 152 Å². The summed E-state index contributed by atoms with van der Waals surface area (Å²) < 4.78 is 10.2. The summed E-state index contributed by atoms with van der Waals surface area (Å²) in [6.07, 6.45) is 33.2. The molecule has 15 heteroatoms. The summed E-state index contributed by atoms with van der Waals surface area (Å²) in [5, 5.41) is 11.7. The van der Waals surface area contributed by atoms with Crippen molar-refractivity contribution >= 4 is 5.69 Å². The molecule has 18 rings (SSSR count). The number of piperidine rings is 11. The van der Waals surface area contributed by atoms with Crippen molar-refractivity contribution in [3.05, 3.63) is 54.6 Å². The lowest BCUT2D eigenvalue weighted by Gasteiger charge is -2.48. The Balaban J connectivity index is 0.000000161. The smallest absolute Gasteiger partial charge is 0.169 e. The van der Waals surface area contributed by atoms with E-state index in [0.29, 0.717) is 0 Å². The predicted octanol–water partition coefficient (Wildman–Crippen LogP) is -6.32. The molecule has 0 aromatic carbocycles. The normalized spacial score (nSPS) is 29.7. The van der Waals surface area contributed by atoms with Gasteiger partial charge in [-0.1, -0.05) is 0 Å². The van der Waals surface area contributed by atoms with Gasteiger partial charge in [-0.25, -0.2) is 9.97 Å². The summed E-state index contributed by atoms with van der Waals surface area (Å²) in [7, 11) is 8.52. The molecule has 79 heavy (non-hydrogen) atoms. The molecule has 15 nitrogen and oxygen atoms in total. The first-order chi connectivity index (χ1) is 38.8. The minimum Gasteiger partial charge on any atom is -0.377 e. The first-order valence-electron chi connectivity index (χ1n) is 33.7. The van der Waals surface area contributed by atoms with Crippen LogP contribution in [-0.4, -0.2) is 205 Å². The summed E-state index contributed by atoms with van der Waals surface area (Å²) in [5.74, 6) is 5.68. The van der Waals surface area contributed by atoms with Gasteiger partial charge in [-0.2, -0.15) is 0 Å². The number of nitrogens with two attached hydrogens (primary N) is 5. The van der Waals surface area contributed by atoms with Gasteiger partial charge >= 0.3 is 0 Å². The van der Waals surface area contributed by atoms with Crippen molar-refractivity contribution in [2.75, 3.05) is 210 Å². The number of hydrogen-bond donors (Lipinski definition) is 10. The fourth-order valence-electron chi connectivity index (χ4n) is 13.7. The van der Waals surface area contributed by atoms with E-state index in [9.17, 15) is 0 Å². The molecule has 17 heterocycles. The van der Waals surface area contributed by atoms with E-state index in [1.54, 1.807) is 29.1 Å². The Morgan fingerprint density at radius 2 is 0.747 bits per heavy atom. The van der Waals surface area contributed by atoms with Gasteiger partial charge in [-0.15, -0.1) is 0 Å². The molecule has 0 unspecified atom stereocenters. The lowest BCUT2D eigenvalue weighted by atomic mass is 9.68. The molecule has 16 fully saturated rings. The van der Waals surface area contributed by atoms with Crippen molar-refractivity contribution in [2.45, 2.75) is 116 Å². The summed E-state index contributed by atoms with van der Waals surface area (Å²) in [6.45, 7) is 37.5. The maximum atomic E-state index is 5.12. The maximum Gasteiger partial charge on any atom is 0.169 e. The monoisotopic (exact) mass is 1120 g/mol. The Labute approximate surface area is 484 Å². The van der Waals surface area contributed by atoms with E-state index in [1.807, 2.05) is 77.8 Å². The lowest BCUT2D eigenvalue weighted by molar-refractivity contribution is -0.929. The van der Waals surface area contributed by atoms with Gasteiger partial charge in [0.2, 0.25) is 0 Å². The molecule has 1 aliphatic carbocycles. The number of hydrogen-bond acceptors (Lipinski definition) is 3. The topological polar surface area (TPSA) is 155 Å². The molecule has 8 bridgehead atoms. The number of nitrogens with zero attached hydrogens (tertiary/aromatic N) is 1. The number of aromatic nitrogens is 2. The first-order valence-corrected chi connectivity index (χ1v) is 33.7. The van der Waals surface area contributed by atoms with E-state index in [1.165, 1.54) is 239 Å². The molecule has 0 radical (unpaired) electrons. The van der Waals surface area contributed by atoms with Crippen LogP contribution in [0.2, 0.25) is 0 Å². The third-order valence-corrected chi connectivity index (χ3v) is 18.8. The number of likely N-dealkylation sites (tertiary alicyclic amines) is 1. The number of aryl methyl sites for hydroxylation is 1. The Bertz CT molecular complexity index is 1430. The number of anilines is 1. The van der Waals surface area contributed by atoms with E-state index in [2.05, 4.69) is 62.5 Å². The number of ether oxygens (including phenoxy) is 2. The van der Waals surface area contributed by atoms with Crippen LogP contribution in [0.1, 0.15) is 115 Å². The van der Waals surface area contributed by atoms with Crippen molar-refractivity contribution < 1.29 is 70.5 Å². The number of aromatic amines is 2. The van der Waals surface area contributed by atoms with E-state index in [-0.39, 0.29) is 0 Å². The average Bonchev–Trinajstić information content (AvgIpc) is 4.14. The van der Waals surface area contributed by atoms with Gasteiger partial charge in [-0.05, 0) is 121 Å². The van der Waals surface area contributed by atoms with Crippen molar-refractivity contribution in [1.82, 2.24) is 0 Å². The molecule has 2 aromatic rings. The highest BCUT2D eigenvalue weighted by atomic mass is 16.5.